The molecule has 2 rings (SSSR count). The Hall–Kier alpha value is -0.243. The molecule has 0 saturated heterocycles. The lowest BCUT2D eigenvalue weighted by Crippen LogP contribution is -2.40. The van der Waals surface area contributed by atoms with Crippen LogP contribution in [-0.2, 0) is 15.5 Å². The van der Waals surface area contributed by atoms with Gasteiger partial charge in [0.05, 0.1) is 16.7 Å². The number of hydrogen-bond donors (Lipinski definition) is 0. The Morgan fingerprint density at radius 1 is 1.18 bits per heavy atom. The highest BCUT2D eigenvalue weighted by molar-refractivity contribution is 14.1. The predicted molar refractivity (Wildman–Crippen MR) is 107 cm³/mol. The zero-order valence-electron chi connectivity index (χ0n) is 13.9. The second-order valence-electron chi connectivity index (χ2n) is 7.01. The number of thiazole rings is 1. The molecule has 0 aliphatic heterocycles. The molecule has 0 amide bonds. The summed E-state index contributed by atoms with van der Waals surface area (Å²) in [4.78, 5) is 4.63. The van der Waals surface area contributed by atoms with Gasteiger partial charge in [-0.25, -0.2) is 4.98 Å². The SMILES string of the molecule is CC(C)(C)[Si](C)(C)OCc1ccc(-c2csc(CI)n2)cc1. The van der Waals surface area contributed by atoms with E-state index in [-0.39, 0.29) is 5.04 Å². The van der Waals surface area contributed by atoms with Gasteiger partial charge in [-0.1, -0.05) is 67.6 Å². The van der Waals surface area contributed by atoms with Crippen molar-refractivity contribution in [1.29, 1.82) is 0 Å². The van der Waals surface area contributed by atoms with Gasteiger partial charge < -0.3 is 4.43 Å². The molecule has 5 heteroatoms. The monoisotopic (exact) mass is 445 g/mol. The van der Waals surface area contributed by atoms with Crippen LogP contribution in [0, 0.1) is 0 Å². The van der Waals surface area contributed by atoms with Crippen LogP contribution in [0.4, 0.5) is 0 Å². The van der Waals surface area contributed by atoms with Crippen molar-refractivity contribution in [2.75, 3.05) is 0 Å². The van der Waals surface area contributed by atoms with E-state index >= 15 is 0 Å². The third-order valence-electron chi connectivity index (χ3n) is 4.32. The highest BCUT2D eigenvalue weighted by Crippen LogP contribution is 2.37. The van der Waals surface area contributed by atoms with Crippen LogP contribution in [-0.4, -0.2) is 13.3 Å². The quantitative estimate of drug-likeness (QED) is 0.308. The van der Waals surface area contributed by atoms with Crippen molar-refractivity contribution in [2.45, 2.75) is 49.9 Å². The van der Waals surface area contributed by atoms with Crippen molar-refractivity contribution in [1.82, 2.24) is 4.98 Å². The van der Waals surface area contributed by atoms with E-state index in [2.05, 4.69) is 91.1 Å². The smallest absolute Gasteiger partial charge is 0.192 e. The normalized spacial score (nSPS) is 12.6. The average Bonchev–Trinajstić information content (AvgIpc) is 2.93. The van der Waals surface area contributed by atoms with Gasteiger partial charge in [0.1, 0.15) is 5.01 Å². The average molecular weight is 445 g/mol. The number of nitrogens with zero attached hydrogens (tertiary/aromatic N) is 1. The molecule has 2 nitrogen and oxygen atoms in total. The van der Waals surface area contributed by atoms with Gasteiger partial charge >= 0.3 is 0 Å². The van der Waals surface area contributed by atoms with Gasteiger partial charge in [-0.05, 0) is 23.7 Å². The maximum atomic E-state index is 6.27. The third kappa shape index (κ3) is 4.40. The molecule has 2 aromatic rings. The van der Waals surface area contributed by atoms with Crippen molar-refractivity contribution in [2.24, 2.45) is 0 Å². The largest absolute Gasteiger partial charge is 0.413 e. The number of aromatic nitrogens is 1. The summed E-state index contributed by atoms with van der Waals surface area (Å²) in [5, 5.41) is 3.57. The lowest BCUT2D eigenvalue weighted by atomic mass is 10.1. The van der Waals surface area contributed by atoms with E-state index in [0.29, 0.717) is 6.61 Å². The standard InChI is InChI=1S/C17H24INOSSi/c1-17(2,3)22(4,5)20-11-13-6-8-14(9-7-13)15-12-21-16(10-18)19-15/h6-9,12H,10-11H2,1-5H3. The van der Waals surface area contributed by atoms with E-state index < -0.39 is 8.32 Å². The second-order valence-corrected chi connectivity index (χ2v) is 13.5. The van der Waals surface area contributed by atoms with E-state index in [1.165, 1.54) is 16.1 Å². The number of alkyl halides is 1. The molecule has 120 valence electrons. The molecule has 0 aliphatic rings. The van der Waals surface area contributed by atoms with E-state index in [9.17, 15) is 0 Å². The highest BCUT2D eigenvalue weighted by atomic mass is 127. The fraction of sp³-hybridized carbons (Fsp3) is 0.471. The Morgan fingerprint density at radius 2 is 1.82 bits per heavy atom. The van der Waals surface area contributed by atoms with Crippen LogP contribution in [0.25, 0.3) is 11.3 Å². The molecule has 0 bridgehead atoms. The minimum Gasteiger partial charge on any atom is -0.413 e. The maximum Gasteiger partial charge on any atom is 0.192 e. The summed E-state index contributed by atoms with van der Waals surface area (Å²) < 4.78 is 7.24. The summed E-state index contributed by atoms with van der Waals surface area (Å²) in [6, 6.07) is 8.61. The van der Waals surface area contributed by atoms with E-state index in [1.807, 2.05) is 0 Å². The first kappa shape index (κ1) is 18.1. The Labute approximate surface area is 152 Å². The van der Waals surface area contributed by atoms with Gasteiger partial charge in [-0.2, -0.15) is 0 Å². The number of hydrogen-bond acceptors (Lipinski definition) is 3. The zero-order chi connectivity index (χ0) is 16.4. The second kappa shape index (κ2) is 7.11. The molecule has 0 unspecified atom stereocenters. The number of halogens is 1. The Kier molecular flexibility index (Phi) is 5.85. The minimum atomic E-state index is -1.68. The molecule has 0 aliphatic carbocycles. The molecular formula is C17H24INOSSi. The molecule has 0 radical (unpaired) electrons. The Morgan fingerprint density at radius 3 is 2.32 bits per heavy atom. The lowest BCUT2D eigenvalue weighted by molar-refractivity contribution is 0.276. The van der Waals surface area contributed by atoms with Crippen molar-refractivity contribution in [3.05, 3.63) is 40.2 Å². The van der Waals surface area contributed by atoms with Crippen molar-refractivity contribution in [3.63, 3.8) is 0 Å². The summed E-state index contributed by atoms with van der Waals surface area (Å²) >= 11 is 4.08. The summed E-state index contributed by atoms with van der Waals surface area (Å²) in [5.41, 5.74) is 3.50. The van der Waals surface area contributed by atoms with Gasteiger partial charge in [-0.15, -0.1) is 11.3 Å². The van der Waals surface area contributed by atoms with Crippen molar-refractivity contribution < 1.29 is 4.43 Å². The number of rotatable bonds is 5. The lowest BCUT2D eigenvalue weighted by Gasteiger charge is -2.36. The first-order valence-electron chi connectivity index (χ1n) is 7.46. The Bertz CT molecular complexity index is 616. The van der Waals surface area contributed by atoms with E-state index in [1.54, 1.807) is 11.3 Å². The van der Waals surface area contributed by atoms with Crippen LogP contribution >= 0.6 is 33.9 Å². The molecule has 0 spiro atoms. The fourth-order valence-corrected chi connectivity index (χ4v) is 4.08. The number of benzene rings is 1. The summed E-state index contributed by atoms with van der Waals surface area (Å²) in [5.74, 6) is 0. The molecule has 0 atom stereocenters. The van der Waals surface area contributed by atoms with E-state index in [4.69, 9.17) is 4.43 Å². The maximum absolute atomic E-state index is 6.27. The molecule has 1 aromatic heterocycles. The van der Waals surface area contributed by atoms with Gasteiger partial charge in [-0.3, -0.25) is 0 Å². The van der Waals surface area contributed by atoms with Gasteiger partial charge in [0, 0.05) is 10.9 Å². The van der Waals surface area contributed by atoms with Crippen LogP contribution in [0.2, 0.25) is 18.1 Å². The van der Waals surface area contributed by atoms with Gasteiger partial charge in [0.15, 0.2) is 8.32 Å². The summed E-state index contributed by atoms with van der Waals surface area (Å²) in [6.45, 7) is 12.1. The van der Waals surface area contributed by atoms with Crippen LogP contribution in [0.1, 0.15) is 31.3 Å². The molecule has 22 heavy (non-hydrogen) atoms. The van der Waals surface area contributed by atoms with Gasteiger partial charge in [0.25, 0.3) is 0 Å². The fourth-order valence-electron chi connectivity index (χ4n) is 1.76. The third-order valence-corrected chi connectivity index (χ3v) is 10.9. The molecule has 1 heterocycles. The summed E-state index contributed by atoms with van der Waals surface area (Å²) in [6.07, 6.45) is 0. The van der Waals surface area contributed by atoms with Crippen molar-refractivity contribution >= 4 is 42.2 Å². The minimum absolute atomic E-state index is 0.253. The molecular weight excluding hydrogens is 421 g/mol. The van der Waals surface area contributed by atoms with Gasteiger partial charge in [0.2, 0.25) is 0 Å². The summed E-state index contributed by atoms with van der Waals surface area (Å²) in [7, 11) is -1.68. The predicted octanol–water partition coefficient (Wildman–Crippen LogP) is 6.27. The zero-order valence-corrected chi connectivity index (χ0v) is 17.9. The molecule has 0 saturated carbocycles. The van der Waals surface area contributed by atoms with Crippen molar-refractivity contribution in [3.8, 4) is 11.3 Å². The molecule has 1 aromatic carbocycles. The van der Waals surface area contributed by atoms with Crippen LogP contribution in [0.3, 0.4) is 0 Å². The van der Waals surface area contributed by atoms with E-state index in [0.717, 1.165) is 10.1 Å². The van der Waals surface area contributed by atoms with Crippen LogP contribution in [0.5, 0.6) is 0 Å². The highest BCUT2D eigenvalue weighted by Gasteiger charge is 2.36. The Balaban J connectivity index is 2.03. The first-order chi connectivity index (χ1) is 10.2. The van der Waals surface area contributed by atoms with Crippen LogP contribution < -0.4 is 0 Å². The molecule has 0 fully saturated rings. The topological polar surface area (TPSA) is 22.1 Å². The van der Waals surface area contributed by atoms with Crippen LogP contribution in [0.15, 0.2) is 29.6 Å². The first-order valence-corrected chi connectivity index (χ1v) is 12.8. The molecule has 0 N–H and O–H groups in total.